The first-order chi connectivity index (χ1) is 10.1. The number of methoxy groups -OCH3 is 1. The first kappa shape index (κ1) is 16.5. The Kier molecular flexibility index (Phi) is 5.79. The molecule has 0 fully saturated rings. The first-order valence-corrected chi connectivity index (χ1v) is 8.17. The molecule has 0 radical (unpaired) electrons. The summed E-state index contributed by atoms with van der Waals surface area (Å²) in [6.07, 6.45) is 0. The summed E-state index contributed by atoms with van der Waals surface area (Å²) in [7, 11) is 1.63. The molecule has 0 amide bonds. The van der Waals surface area contributed by atoms with Gasteiger partial charge in [0.25, 0.3) is 0 Å². The Hall–Kier alpha value is -0.910. The van der Waals surface area contributed by atoms with E-state index in [1.165, 1.54) is 6.07 Å². The number of ether oxygens (including phenoxy) is 1. The molecule has 112 valence electrons. The zero-order valence-corrected chi connectivity index (χ0v) is 15.0. The normalized spacial score (nSPS) is 12.2. The summed E-state index contributed by atoms with van der Waals surface area (Å²) < 4.78 is 20.4. The summed E-state index contributed by atoms with van der Waals surface area (Å²) >= 11 is 6.92. The van der Waals surface area contributed by atoms with E-state index in [4.69, 9.17) is 4.74 Å². The zero-order chi connectivity index (χ0) is 15.4. The highest BCUT2D eigenvalue weighted by atomic mass is 79.9. The molecule has 1 unspecified atom stereocenters. The Labute approximate surface area is 141 Å². The summed E-state index contributed by atoms with van der Waals surface area (Å²) in [5, 5.41) is 3.39. The fourth-order valence-corrected chi connectivity index (χ4v) is 3.28. The monoisotopic (exact) mass is 415 g/mol. The van der Waals surface area contributed by atoms with E-state index in [9.17, 15) is 4.39 Å². The van der Waals surface area contributed by atoms with Crippen molar-refractivity contribution in [2.45, 2.75) is 13.0 Å². The van der Waals surface area contributed by atoms with Crippen molar-refractivity contribution in [3.63, 3.8) is 0 Å². The quantitative estimate of drug-likeness (QED) is 0.735. The maximum absolute atomic E-state index is 13.8. The van der Waals surface area contributed by atoms with Crippen LogP contribution in [0.25, 0.3) is 0 Å². The largest absolute Gasteiger partial charge is 0.497 e. The van der Waals surface area contributed by atoms with Crippen molar-refractivity contribution in [3.05, 3.63) is 62.3 Å². The molecule has 2 nitrogen and oxygen atoms in total. The number of hydrogen-bond acceptors (Lipinski definition) is 2. The molecule has 2 aromatic carbocycles. The van der Waals surface area contributed by atoms with Crippen LogP contribution in [-0.2, 0) is 0 Å². The van der Waals surface area contributed by atoms with Crippen molar-refractivity contribution < 1.29 is 9.13 Å². The van der Waals surface area contributed by atoms with Gasteiger partial charge in [-0.2, -0.15) is 0 Å². The van der Waals surface area contributed by atoms with E-state index < -0.39 is 0 Å². The smallest absolute Gasteiger partial charge is 0.137 e. The summed E-state index contributed by atoms with van der Waals surface area (Å²) in [4.78, 5) is 0. The van der Waals surface area contributed by atoms with E-state index in [0.717, 1.165) is 27.9 Å². The molecule has 0 spiro atoms. The highest BCUT2D eigenvalue weighted by Crippen LogP contribution is 2.35. The Bertz CT molecular complexity index is 634. The number of halogens is 3. The summed E-state index contributed by atoms with van der Waals surface area (Å²) in [5.41, 5.74) is 1.90. The van der Waals surface area contributed by atoms with Gasteiger partial charge in [-0.1, -0.05) is 41.1 Å². The summed E-state index contributed by atoms with van der Waals surface area (Å²) in [6.45, 7) is 2.80. The Morgan fingerprint density at radius 1 is 1.19 bits per heavy atom. The minimum absolute atomic E-state index is 0.111. The molecule has 0 aliphatic heterocycles. The molecule has 0 aliphatic carbocycles. The van der Waals surface area contributed by atoms with Gasteiger partial charge >= 0.3 is 0 Å². The van der Waals surface area contributed by atoms with Gasteiger partial charge in [0.15, 0.2) is 0 Å². The molecule has 0 heterocycles. The second kappa shape index (κ2) is 7.38. The molecule has 0 saturated heterocycles. The molecule has 1 atom stereocenters. The number of benzene rings is 2. The highest BCUT2D eigenvalue weighted by Gasteiger charge is 2.20. The van der Waals surface area contributed by atoms with Crippen LogP contribution < -0.4 is 10.1 Å². The molecular formula is C16H16Br2FNO. The average Bonchev–Trinajstić information content (AvgIpc) is 2.48. The highest BCUT2D eigenvalue weighted by molar-refractivity contribution is 9.10. The van der Waals surface area contributed by atoms with Crippen molar-refractivity contribution in [2.75, 3.05) is 13.7 Å². The van der Waals surface area contributed by atoms with Crippen LogP contribution in [0.1, 0.15) is 24.1 Å². The second-order valence-electron chi connectivity index (χ2n) is 4.52. The van der Waals surface area contributed by atoms with Crippen LogP contribution in [0.2, 0.25) is 0 Å². The maximum Gasteiger partial charge on any atom is 0.137 e. The van der Waals surface area contributed by atoms with Crippen LogP contribution in [0, 0.1) is 5.82 Å². The van der Waals surface area contributed by atoms with Crippen LogP contribution >= 0.6 is 31.9 Å². The van der Waals surface area contributed by atoms with Crippen LogP contribution in [0.4, 0.5) is 4.39 Å². The van der Waals surface area contributed by atoms with Gasteiger partial charge in [-0.3, -0.25) is 0 Å². The minimum atomic E-state index is -0.264. The third-order valence-electron chi connectivity index (χ3n) is 3.22. The van der Waals surface area contributed by atoms with E-state index in [0.29, 0.717) is 4.47 Å². The lowest BCUT2D eigenvalue weighted by atomic mass is 9.98. The van der Waals surface area contributed by atoms with Crippen LogP contribution in [-0.4, -0.2) is 13.7 Å². The lowest BCUT2D eigenvalue weighted by Crippen LogP contribution is -2.23. The van der Waals surface area contributed by atoms with Crippen molar-refractivity contribution >= 4 is 31.9 Å². The molecule has 21 heavy (non-hydrogen) atoms. The molecular weight excluding hydrogens is 401 g/mol. The fourth-order valence-electron chi connectivity index (χ4n) is 2.20. The lowest BCUT2D eigenvalue weighted by molar-refractivity contribution is 0.414. The zero-order valence-electron chi connectivity index (χ0n) is 11.8. The lowest BCUT2D eigenvalue weighted by Gasteiger charge is -2.22. The fraction of sp³-hybridized carbons (Fsp3) is 0.250. The standard InChI is InChI=1S/C16H16Br2FNO/c1-3-20-16(12-5-4-6-14(19)15(12)18)11-8-7-10(21-2)9-13(11)17/h4-9,16,20H,3H2,1-2H3. The molecule has 0 aliphatic rings. The van der Waals surface area contributed by atoms with Crippen LogP contribution in [0.3, 0.4) is 0 Å². The van der Waals surface area contributed by atoms with Gasteiger partial charge in [0.1, 0.15) is 11.6 Å². The van der Waals surface area contributed by atoms with Crippen molar-refractivity contribution in [1.29, 1.82) is 0 Å². The number of nitrogens with one attached hydrogen (secondary N) is 1. The van der Waals surface area contributed by atoms with E-state index in [-0.39, 0.29) is 11.9 Å². The Balaban J connectivity index is 2.51. The SMILES string of the molecule is CCNC(c1ccc(OC)cc1Br)c1cccc(F)c1Br. The predicted molar refractivity (Wildman–Crippen MR) is 90.3 cm³/mol. The van der Waals surface area contributed by atoms with Crippen molar-refractivity contribution in [2.24, 2.45) is 0 Å². The summed E-state index contributed by atoms with van der Waals surface area (Å²) in [5.74, 6) is 0.513. The van der Waals surface area contributed by atoms with Gasteiger partial charge in [-0.05, 0) is 51.8 Å². The van der Waals surface area contributed by atoms with Gasteiger partial charge in [0.2, 0.25) is 0 Å². The molecule has 2 aromatic rings. The van der Waals surface area contributed by atoms with Gasteiger partial charge in [0, 0.05) is 4.47 Å². The molecule has 2 rings (SSSR count). The molecule has 0 bridgehead atoms. The van der Waals surface area contributed by atoms with Gasteiger partial charge in [-0.25, -0.2) is 4.39 Å². The predicted octanol–water partition coefficient (Wildman–Crippen LogP) is 5.06. The Morgan fingerprint density at radius 2 is 1.95 bits per heavy atom. The van der Waals surface area contributed by atoms with E-state index in [1.54, 1.807) is 13.2 Å². The maximum atomic E-state index is 13.8. The van der Waals surface area contributed by atoms with E-state index in [2.05, 4.69) is 37.2 Å². The van der Waals surface area contributed by atoms with Gasteiger partial charge in [0.05, 0.1) is 17.6 Å². The molecule has 1 N–H and O–H groups in total. The van der Waals surface area contributed by atoms with E-state index >= 15 is 0 Å². The molecule has 0 saturated carbocycles. The van der Waals surface area contributed by atoms with Crippen molar-refractivity contribution in [3.8, 4) is 5.75 Å². The third kappa shape index (κ3) is 3.65. The van der Waals surface area contributed by atoms with Gasteiger partial charge < -0.3 is 10.1 Å². The van der Waals surface area contributed by atoms with Gasteiger partial charge in [-0.15, -0.1) is 0 Å². The van der Waals surface area contributed by atoms with Crippen LogP contribution in [0.15, 0.2) is 45.3 Å². The third-order valence-corrected chi connectivity index (χ3v) is 4.74. The molecule has 0 aromatic heterocycles. The molecule has 5 heteroatoms. The Morgan fingerprint density at radius 3 is 2.57 bits per heavy atom. The minimum Gasteiger partial charge on any atom is -0.497 e. The second-order valence-corrected chi connectivity index (χ2v) is 6.17. The van der Waals surface area contributed by atoms with Crippen molar-refractivity contribution in [1.82, 2.24) is 5.32 Å². The topological polar surface area (TPSA) is 21.3 Å². The average molecular weight is 417 g/mol. The first-order valence-electron chi connectivity index (χ1n) is 6.59. The number of rotatable bonds is 5. The van der Waals surface area contributed by atoms with E-state index in [1.807, 2.05) is 31.2 Å². The van der Waals surface area contributed by atoms with Crippen LogP contribution in [0.5, 0.6) is 5.75 Å². The number of hydrogen-bond donors (Lipinski definition) is 1. The summed E-state index contributed by atoms with van der Waals surface area (Å²) in [6, 6.07) is 10.8.